The number of benzene rings is 8. The molecule has 0 radical (unpaired) electrons. The molecule has 2 aromatic heterocycles. The second kappa shape index (κ2) is 9.77. The zero-order valence-corrected chi connectivity index (χ0v) is 30.0. The zero-order valence-electron chi connectivity index (χ0n) is 30.0. The molecule has 2 aliphatic rings. The van der Waals surface area contributed by atoms with Gasteiger partial charge in [-0.05, 0) is 67.8 Å². The molecule has 0 spiro atoms. The van der Waals surface area contributed by atoms with Gasteiger partial charge in [0.05, 0.1) is 22.1 Å². The first-order valence-corrected chi connectivity index (χ1v) is 18.6. The largest absolute Gasteiger partial charge is 0.310 e. The summed E-state index contributed by atoms with van der Waals surface area (Å²) in [7, 11) is 11.6. The average molecular weight is 652 g/mol. The second-order valence-electron chi connectivity index (χ2n) is 15.4. The Morgan fingerprint density at radius 3 is 1.63 bits per heavy atom. The van der Waals surface area contributed by atoms with Crippen molar-refractivity contribution in [1.82, 2.24) is 9.13 Å². The zero-order chi connectivity index (χ0) is 34.7. The number of para-hydroxylation sites is 3. The number of aromatic nitrogens is 2. The van der Waals surface area contributed by atoms with Gasteiger partial charge in [-0.3, -0.25) is 0 Å². The molecule has 8 heteroatoms. The van der Waals surface area contributed by atoms with Crippen molar-refractivity contribution < 1.29 is 0 Å². The first-order chi connectivity index (χ1) is 25.4. The fraction of sp³-hybridized carbons (Fsp3) is 0. The SMILES string of the molecule is Bc1c(B)c(B)c(-c2c3c4ccccc4n4c3c3c5c2c2ccccc2n5-c2cc5c(ccc6ccccc65)cc2B3c2ccccc2-4)c(B)c1B. The van der Waals surface area contributed by atoms with Gasteiger partial charge in [-0.25, -0.2) is 0 Å². The van der Waals surface area contributed by atoms with Crippen molar-refractivity contribution in [3.63, 3.8) is 0 Å². The van der Waals surface area contributed by atoms with Crippen molar-refractivity contribution in [2.45, 2.75) is 0 Å². The Kier molecular flexibility index (Phi) is 5.43. The van der Waals surface area contributed by atoms with Crippen LogP contribution in [0.1, 0.15) is 0 Å². The molecular formula is C44H30B6N2. The van der Waals surface area contributed by atoms with Gasteiger partial charge in [-0.15, -0.1) is 16.4 Å². The van der Waals surface area contributed by atoms with Gasteiger partial charge in [-0.1, -0.05) is 108 Å². The third kappa shape index (κ3) is 3.27. The highest BCUT2D eigenvalue weighted by molar-refractivity contribution is 7.00. The highest BCUT2D eigenvalue weighted by Gasteiger charge is 2.42. The molecule has 0 N–H and O–H groups in total. The number of hydrogen-bond donors (Lipinski definition) is 0. The van der Waals surface area contributed by atoms with Crippen LogP contribution in [0.25, 0.3) is 87.7 Å². The van der Waals surface area contributed by atoms with Crippen LogP contribution in [0.15, 0.2) is 121 Å². The topological polar surface area (TPSA) is 9.86 Å². The summed E-state index contributed by atoms with van der Waals surface area (Å²) < 4.78 is 5.25. The fourth-order valence-corrected chi connectivity index (χ4v) is 10.5. The molecule has 0 atom stereocenters. The molecule has 52 heavy (non-hydrogen) atoms. The van der Waals surface area contributed by atoms with E-state index in [1.165, 1.54) is 131 Å². The van der Waals surface area contributed by atoms with Crippen molar-refractivity contribution in [2.24, 2.45) is 0 Å². The van der Waals surface area contributed by atoms with E-state index in [1.807, 2.05) is 0 Å². The van der Waals surface area contributed by atoms with E-state index in [1.54, 1.807) is 0 Å². The lowest BCUT2D eigenvalue weighted by atomic mass is 9.34. The van der Waals surface area contributed by atoms with Crippen molar-refractivity contribution >= 4 is 155 Å². The Hall–Kier alpha value is -5.73. The van der Waals surface area contributed by atoms with E-state index in [-0.39, 0.29) is 6.71 Å². The minimum atomic E-state index is 0.0958. The maximum Gasteiger partial charge on any atom is 0.252 e. The lowest BCUT2D eigenvalue weighted by molar-refractivity contribution is 1.17. The van der Waals surface area contributed by atoms with Crippen LogP contribution in [0.2, 0.25) is 0 Å². The molecular weight excluding hydrogens is 621 g/mol. The van der Waals surface area contributed by atoms with E-state index in [0.29, 0.717) is 0 Å². The molecule has 0 saturated carbocycles. The minimum Gasteiger partial charge on any atom is -0.310 e. The van der Waals surface area contributed by atoms with Crippen LogP contribution in [0.5, 0.6) is 0 Å². The van der Waals surface area contributed by atoms with Gasteiger partial charge in [0.1, 0.15) is 39.2 Å². The van der Waals surface area contributed by atoms with Gasteiger partial charge in [0, 0.05) is 38.5 Å². The molecule has 0 fully saturated rings. The average Bonchev–Trinajstić information content (AvgIpc) is 3.72. The highest BCUT2D eigenvalue weighted by atomic mass is 15.0. The monoisotopic (exact) mass is 652 g/mol. The van der Waals surface area contributed by atoms with Crippen LogP contribution in [0.3, 0.4) is 0 Å². The number of fused-ring (bicyclic) bond motifs is 15. The van der Waals surface area contributed by atoms with E-state index < -0.39 is 0 Å². The first-order valence-electron chi connectivity index (χ1n) is 18.6. The lowest BCUT2D eigenvalue weighted by Gasteiger charge is -2.34. The van der Waals surface area contributed by atoms with Crippen LogP contribution in [0, 0.1) is 0 Å². The summed E-state index contributed by atoms with van der Waals surface area (Å²) in [6.45, 7) is 0.0958. The highest BCUT2D eigenvalue weighted by Crippen LogP contribution is 2.47. The van der Waals surface area contributed by atoms with E-state index in [0.717, 1.165) is 0 Å². The molecule has 10 aromatic rings. The third-order valence-corrected chi connectivity index (χ3v) is 13.2. The Balaban J connectivity index is 1.43. The van der Waals surface area contributed by atoms with E-state index in [4.69, 9.17) is 0 Å². The third-order valence-electron chi connectivity index (χ3n) is 13.2. The second-order valence-corrected chi connectivity index (χ2v) is 15.4. The summed E-state index contributed by atoms with van der Waals surface area (Å²) in [5.41, 5.74) is 21.7. The Bertz CT molecular complexity index is 3290. The van der Waals surface area contributed by atoms with Crippen LogP contribution in [-0.2, 0) is 0 Å². The Morgan fingerprint density at radius 1 is 0.404 bits per heavy atom. The van der Waals surface area contributed by atoms with Crippen molar-refractivity contribution in [2.75, 3.05) is 0 Å². The summed E-state index contributed by atoms with van der Waals surface area (Å²) in [5.74, 6) is 0. The smallest absolute Gasteiger partial charge is 0.252 e. The molecule has 234 valence electrons. The predicted octanol–water partition coefficient (Wildman–Crippen LogP) is 0.289. The van der Waals surface area contributed by atoms with Crippen molar-refractivity contribution in [1.29, 1.82) is 0 Å². The summed E-state index contributed by atoms with van der Waals surface area (Å²) in [4.78, 5) is 0. The normalized spacial score (nSPS) is 13.0. The van der Waals surface area contributed by atoms with Crippen molar-refractivity contribution in [3.8, 4) is 22.5 Å². The number of hydrogen-bond acceptors (Lipinski definition) is 0. The molecule has 0 bridgehead atoms. The van der Waals surface area contributed by atoms with Crippen LogP contribution in [-0.4, -0.2) is 55.1 Å². The van der Waals surface area contributed by atoms with Gasteiger partial charge in [-0.2, -0.15) is 0 Å². The van der Waals surface area contributed by atoms with E-state index >= 15 is 0 Å². The van der Waals surface area contributed by atoms with Crippen LogP contribution < -0.4 is 43.7 Å². The lowest BCUT2D eigenvalue weighted by Crippen LogP contribution is -2.59. The summed E-state index contributed by atoms with van der Waals surface area (Å²) in [5, 5.41) is 10.6. The molecule has 0 unspecified atom stereocenters. The maximum atomic E-state index is 2.64. The summed E-state index contributed by atoms with van der Waals surface area (Å²) >= 11 is 0. The molecule has 0 amide bonds. The molecule has 8 aromatic carbocycles. The number of nitrogens with zero attached hydrogens (tertiary/aromatic N) is 2. The van der Waals surface area contributed by atoms with Gasteiger partial charge in [0.25, 0.3) is 6.71 Å². The maximum absolute atomic E-state index is 2.64. The van der Waals surface area contributed by atoms with E-state index in [2.05, 4.69) is 170 Å². The van der Waals surface area contributed by atoms with Gasteiger partial charge in [0.2, 0.25) is 0 Å². The Labute approximate surface area is 306 Å². The van der Waals surface area contributed by atoms with Gasteiger partial charge < -0.3 is 9.13 Å². The predicted molar refractivity (Wildman–Crippen MR) is 241 cm³/mol. The van der Waals surface area contributed by atoms with Gasteiger partial charge in [0.15, 0.2) is 0 Å². The van der Waals surface area contributed by atoms with E-state index in [9.17, 15) is 0 Å². The van der Waals surface area contributed by atoms with Crippen molar-refractivity contribution in [3.05, 3.63) is 121 Å². The molecule has 4 heterocycles. The standard InChI is InChI=1S/C44H30B6N2/c45-37-36(38(46)40(48)41(49)39(37)47)35-33-24-11-3-6-14-29(24)51-31-16-8-5-13-27(31)50-28-19-22-18-17-21-9-1-2-10-23(21)26(22)20-32(28)52-30-15-7-4-12-25(30)34(35)44(52)42(50)43(33)51/h1-20H,45-49H2. The van der Waals surface area contributed by atoms with Crippen LogP contribution in [0.4, 0.5) is 0 Å². The van der Waals surface area contributed by atoms with Gasteiger partial charge >= 0.3 is 0 Å². The quantitative estimate of drug-likeness (QED) is 0.179. The molecule has 0 aliphatic carbocycles. The molecule has 2 nitrogen and oxygen atoms in total. The Morgan fingerprint density at radius 2 is 0.942 bits per heavy atom. The summed E-state index contributed by atoms with van der Waals surface area (Å²) in [6.07, 6.45) is 0. The molecule has 2 aliphatic heterocycles. The fourth-order valence-electron chi connectivity index (χ4n) is 10.5. The molecule has 12 rings (SSSR count). The van der Waals surface area contributed by atoms with Crippen LogP contribution >= 0.6 is 0 Å². The number of rotatable bonds is 1. The first kappa shape index (κ1) is 28.9. The summed E-state index contributed by atoms with van der Waals surface area (Å²) in [6, 6.07) is 46.0. The minimum absolute atomic E-state index is 0.0958. The molecule has 0 saturated heterocycles.